The van der Waals surface area contributed by atoms with E-state index in [4.69, 9.17) is 0 Å². The minimum atomic E-state index is -0.0435. The first kappa shape index (κ1) is 15.0. The average molecular weight is 284 g/mol. The maximum atomic E-state index is 12.5. The van der Waals surface area contributed by atoms with Gasteiger partial charge in [0.05, 0.1) is 0 Å². The lowest BCUT2D eigenvalue weighted by atomic mass is 10.0. The SMILES string of the molecule is CC(=O)NCCn1c(C)cc(C(=O)c2ccccc2)c1C. The molecule has 21 heavy (non-hydrogen) atoms. The van der Waals surface area contributed by atoms with Crippen LogP contribution < -0.4 is 5.32 Å². The molecule has 1 aromatic carbocycles. The fraction of sp³-hybridized carbons (Fsp3) is 0.294. The zero-order valence-corrected chi connectivity index (χ0v) is 12.6. The molecular formula is C17H20N2O2. The van der Waals surface area contributed by atoms with Gasteiger partial charge in [-0.05, 0) is 19.9 Å². The van der Waals surface area contributed by atoms with E-state index in [1.807, 2.05) is 50.2 Å². The van der Waals surface area contributed by atoms with Crippen molar-refractivity contribution in [1.29, 1.82) is 0 Å². The molecule has 110 valence electrons. The van der Waals surface area contributed by atoms with Crippen LogP contribution in [0.2, 0.25) is 0 Å². The molecule has 0 saturated carbocycles. The maximum absolute atomic E-state index is 12.5. The summed E-state index contributed by atoms with van der Waals surface area (Å²) < 4.78 is 2.06. The lowest BCUT2D eigenvalue weighted by molar-refractivity contribution is -0.118. The standard InChI is InChI=1S/C17H20N2O2/c1-12-11-16(17(21)15-7-5-4-6-8-15)13(2)19(12)10-9-18-14(3)20/h4-8,11H,9-10H2,1-3H3,(H,18,20). The van der Waals surface area contributed by atoms with Crippen molar-refractivity contribution >= 4 is 11.7 Å². The number of nitrogens with zero attached hydrogens (tertiary/aromatic N) is 1. The van der Waals surface area contributed by atoms with E-state index in [1.54, 1.807) is 0 Å². The number of carbonyl (C=O) groups excluding carboxylic acids is 2. The van der Waals surface area contributed by atoms with Gasteiger partial charge in [-0.3, -0.25) is 9.59 Å². The van der Waals surface area contributed by atoms with Gasteiger partial charge in [0.25, 0.3) is 0 Å². The Morgan fingerprint density at radius 1 is 1.14 bits per heavy atom. The Balaban J connectivity index is 2.22. The fourth-order valence-electron chi connectivity index (χ4n) is 2.46. The van der Waals surface area contributed by atoms with Crippen molar-refractivity contribution in [1.82, 2.24) is 9.88 Å². The highest BCUT2D eigenvalue weighted by Crippen LogP contribution is 2.18. The first-order valence-corrected chi connectivity index (χ1v) is 7.01. The number of aromatic nitrogens is 1. The van der Waals surface area contributed by atoms with Crippen molar-refractivity contribution in [3.8, 4) is 0 Å². The Morgan fingerprint density at radius 3 is 2.43 bits per heavy atom. The Morgan fingerprint density at radius 2 is 1.81 bits per heavy atom. The summed E-state index contributed by atoms with van der Waals surface area (Å²) in [6, 6.07) is 11.2. The second-order valence-electron chi connectivity index (χ2n) is 5.11. The van der Waals surface area contributed by atoms with Crippen LogP contribution in [-0.4, -0.2) is 22.8 Å². The van der Waals surface area contributed by atoms with Gasteiger partial charge in [0.1, 0.15) is 0 Å². The molecule has 2 aromatic rings. The molecule has 1 amide bonds. The average Bonchev–Trinajstić information content (AvgIpc) is 2.75. The third-order valence-electron chi connectivity index (χ3n) is 3.56. The Bertz CT molecular complexity index is 657. The van der Waals surface area contributed by atoms with Crippen LogP contribution in [0.3, 0.4) is 0 Å². The molecule has 1 heterocycles. The summed E-state index contributed by atoms with van der Waals surface area (Å²) in [4.78, 5) is 23.5. The summed E-state index contributed by atoms with van der Waals surface area (Å²) in [5.41, 5.74) is 3.38. The van der Waals surface area contributed by atoms with Gasteiger partial charge in [-0.2, -0.15) is 0 Å². The Kier molecular flexibility index (Phi) is 4.58. The molecule has 0 bridgehead atoms. The van der Waals surface area contributed by atoms with Crippen LogP contribution in [-0.2, 0) is 11.3 Å². The van der Waals surface area contributed by atoms with Gasteiger partial charge in [0, 0.05) is 42.5 Å². The fourth-order valence-corrected chi connectivity index (χ4v) is 2.46. The summed E-state index contributed by atoms with van der Waals surface area (Å²) in [5, 5.41) is 2.77. The quantitative estimate of drug-likeness (QED) is 0.858. The molecule has 1 N–H and O–H groups in total. The van der Waals surface area contributed by atoms with E-state index in [1.165, 1.54) is 6.92 Å². The second-order valence-corrected chi connectivity index (χ2v) is 5.11. The van der Waals surface area contributed by atoms with Crippen LogP contribution in [0.1, 0.15) is 34.2 Å². The van der Waals surface area contributed by atoms with Gasteiger partial charge >= 0.3 is 0 Å². The van der Waals surface area contributed by atoms with E-state index < -0.39 is 0 Å². The number of hydrogen-bond acceptors (Lipinski definition) is 2. The molecule has 0 saturated heterocycles. The van der Waals surface area contributed by atoms with Crippen LogP contribution in [0.15, 0.2) is 36.4 Å². The van der Waals surface area contributed by atoms with Crippen LogP contribution in [0.25, 0.3) is 0 Å². The summed E-state index contributed by atoms with van der Waals surface area (Å²) in [7, 11) is 0. The predicted octanol–water partition coefficient (Wildman–Crippen LogP) is 2.47. The highest BCUT2D eigenvalue weighted by molar-refractivity contribution is 6.09. The monoisotopic (exact) mass is 284 g/mol. The number of carbonyl (C=O) groups is 2. The molecule has 0 aliphatic rings. The highest BCUT2D eigenvalue weighted by Gasteiger charge is 2.16. The topological polar surface area (TPSA) is 51.1 Å². The van der Waals surface area contributed by atoms with Crippen molar-refractivity contribution in [3.05, 3.63) is 58.9 Å². The summed E-state index contributed by atoms with van der Waals surface area (Å²) in [6.45, 7) is 6.64. The second kappa shape index (κ2) is 6.39. The molecule has 0 aliphatic carbocycles. The molecule has 4 heteroatoms. The third kappa shape index (κ3) is 3.40. The van der Waals surface area contributed by atoms with Crippen molar-refractivity contribution in [3.63, 3.8) is 0 Å². The molecule has 0 atom stereocenters. The van der Waals surface area contributed by atoms with E-state index in [-0.39, 0.29) is 11.7 Å². The predicted molar refractivity (Wildman–Crippen MR) is 82.5 cm³/mol. The molecule has 0 aliphatic heterocycles. The Hall–Kier alpha value is -2.36. The van der Waals surface area contributed by atoms with Crippen LogP contribution in [0.5, 0.6) is 0 Å². The molecular weight excluding hydrogens is 264 g/mol. The first-order chi connectivity index (χ1) is 10.0. The number of amides is 1. The van der Waals surface area contributed by atoms with Crippen molar-refractivity contribution < 1.29 is 9.59 Å². The normalized spacial score (nSPS) is 10.4. The Labute approximate surface area is 124 Å². The highest BCUT2D eigenvalue weighted by atomic mass is 16.1. The van der Waals surface area contributed by atoms with Gasteiger partial charge in [0.15, 0.2) is 5.78 Å². The first-order valence-electron chi connectivity index (χ1n) is 7.01. The minimum Gasteiger partial charge on any atom is -0.355 e. The number of benzene rings is 1. The van der Waals surface area contributed by atoms with Crippen LogP contribution in [0, 0.1) is 13.8 Å². The number of rotatable bonds is 5. The van der Waals surface area contributed by atoms with E-state index in [0.717, 1.165) is 17.0 Å². The number of hydrogen-bond donors (Lipinski definition) is 1. The van der Waals surface area contributed by atoms with Gasteiger partial charge in [-0.25, -0.2) is 0 Å². The van der Waals surface area contributed by atoms with Gasteiger partial charge in [-0.15, -0.1) is 0 Å². The zero-order valence-electron chi connectivity index (χ0n) is 12.6. The summed E-state index contributed by atoms with van der Waals surface area (Å²) >= 11 is 0. The van der Waals surface area contributed by atoms with Gasteiger partial charge in [0.2, 0.25) is 5.91 Å². The van der Waals surface area contributed by atoms with Gasteiger partial charge < -0.3 is 9.88 Å². The molecule has 0 spiro atoms. The number of nitrogens with one attached hydrogen (secondary N) is 1. The van der Waals surface area contributed by atoms with Gasteiger partial charge in [-0.1, -0.05) is 30.3 Å². The van der Waals surface area contributed by atoms with E-state index in [0.29, 0.717) is 18.7 Å². The van der Waals surface area contributed by atoms with E-state index >= 15 is 0 Å². The molecule has 0 unspecified atom stereocenters. The van der Waals surface area contributed by atoms with Crippen molar-refractivity contribution in [2.24, 2.45) is 0 Å². The van der Waals surface area contributed by atoms with Crippen LogP contribution in [0.4, 0.5) is 0 Å². The molecule has 4 nitrogen and oxygen atoms in total. The molecule has 1 aromatic heterocycles. The zero-order chi connectivity index (χ0) is 15.4. The smallest absolute Gasteiger partial charge is 0.216 e. The number of aryl methyl sites for hydroxylation is 1. The molecule has 0 fully saturated rings. The lowest BCUT2D eigenvalue weighted by Gasteiger charge is -2.10. The summed E-state index contributed by atoms with van der Waals surface area (Å²) in [6.07, 6.45) is 0. The van der Waals surface area contributed by atoms with E-state index in [9.17, 15) is 9.59 Å². The largest absolute Gasteiger partial charge is 0.355 e. The summed E-state index contributed by atoms with van der Waals surface area (Å²) in [5.74, 6) is -0.00692. The van der Waals surface area contributed by atoms with Crippen molar-refractivity contribution in [2.45, 2.75) is 27.3 Å². The lowest BCUT2D eigenvalue weighted by Crippen LogP contribution is -2.25. The maximum Gasteiger partial charge on any atom is 0.216 e. The van der Waals surface area contributed by atoms with Crippen molar-refractivity contribution in [2.75, 3.05) is 6.54 Å². The number of ketones is 1. The molecule has 2 rings (SSSR count). The third-order valence-corrected chi connectivity index (χ3v) is 3.56. The minimum absolute atomic E-state index is 0.0366. The van der Waals surface area contributed by atoms with Crippen LogP contribution >= 0.6 is 0 Å². The molecule has 0 radical (unpaired) electrons. The van der Waals surface area contributed by atoms with E-state index in [2.05, 4.69) is 9.88 Å².